The van der Waals surface area contributed by atoms with Crippen LogP contribution < -0.4 is 20.7 Å². The number of ether oxygens (including phenoxy) is 1. The van der Waals surface area contributed by atoms with Crippen molar-refractivity contribution in [1.82, 2.24) is 5.32 Å². The van der Waals surface area contributed by atoms with Crippen molar-refractivity contribution in [2.75, 3.05) is 17.7 Å². The number of anilines is 2. The maximum atomic E-state index is 12.2. The number of hydrogen-bond acceptors (Lipinski definition) is 4. The zero-order chi connectivity index (χ0) is 18.7. The van der Waals surface area contributed by atoms with Crippen molar-refractivity contribution in [2.45, 2.75) is 19.4 Å². The van der Waals surface area contributed by atoms with Gasteiger partial charge in [0.1, 0.15) is 5.75 Å². The molecule has 1 unspecified atom stereocenters. The fourth-order valence-electron chi connectivity index (χ4n) is 2.63. The largest absolute Gasteiger partial charge is 0.478 e. The Balaban J connectivity index is 1.62. The maximum absolute atomic E-state index is 12.2. The molecule has 134 valence electrons. The molecule has 3 N–H and O–H groups in total. The quantitative estimate of drug-likeness (QED) is 0.784. The maximum Gasteiger partial charge on any atom is 0.266 e. The molecule has 7 nitrogen and oxygen atoms in total. The number of nitrogens with one attached hydrogen (secondary N) is 3. The zero-order valence-corrected chi connectivity index (χ0v) is 14.5. The summed E-state index contributed by atoms with van der Waals surface area (Å²) in [5.41, 5.74) is 2.64. The standard InChI is InChI=1S/C19H19N3O4/c1-11-3-8-15-14(9-11)22-19(25)16(26-15)10-17(23)21-13-6-4-12(5-7-13)18(24)20-2/h3-9,16H,10H2,1-2H3,(H,20,24)(H,21,23)(H,22,25). The highest BCUT2D eigenvalue weighted by molar-refractivity contribution is 6.02. The van der Waals surface area contributed by atoms with Crippen LogP contribution in [-0.4, -0.2) is 30.9 Å². The molecule has 0 fully saturated rings. The fourth-order valence-corrected chi connectivity index (χ4v) is 2.63. The van der Waals surface area contributed by atoms with Crippen molar-refractivity contribution < 1.29 is 19.1 Å². The van der Waals surface area contributed by atoms with Crippen LogP contribution in [0.5, 0.6) is 5.75 Å². The minimum Gasteiger partial charge on any atom is -0.478 e. The molecule has 1 atom stereocenters. The number of rotatable bonds is 4. The van der Waals surface area contributed by atoms with E-state index >= 15 is 0 Å². The molecule has 7 heteroatoms. The summed E-state index contributed by atoms with van der Waals surface area (Å²) < 4.78 is 5.65. The molecule has 0 saturated heterocycles. The van der Waals surface area contributed by atoms with Gasteiger partial charge < -0.3 is 20.7 Å². The van der Waals surface area contributed by atoms with Crippen LogP contribution in [0.25, 0.3) is 0 Å². The molecule has 2 aromatic carbocycles. The Kier molecular flexibility index (Phi) is 4.88. The Morgan fingerprint density at radius 1 is 1.15 bits per heavy atom. The molecule has 1 heterocycles. The predicted molar refractivity (Wildman–Crippen MR) is 97.3 cm³/mol. The van der Waals surface area contributed by atoms with Crippen molar-refractivity contribution in [3.05, 3.63) is 53.6 Å². The third-order valence-corrected chi connectivity index (χ3v) is 3.98. The number of amides is 3. The van der Waals surface area contributed by atoms with Gasteiger partial charge in [-0.05, 0) is 48.9 Å². The van der Waals surface area contributed by atoms with Gasteiger partial charge in [-0.2, -0.15) is 0 Å². The first-order valence-corrected chi connectivity index (χ1v) is 8.16. The molecule has 3 rings (SSSR count). The molecule has 0 spiro atoms. The third-order valence-electron chi connectivity index (χ3n) is 3.98. The monoisotopic (exact) mass is 353 g/mol. The van der Waals surface area contributed by atoms with Gasteiger partial charge in [0.15, 0.2) is 6.10 Å². The van der Waals surface area contributed by atoms with E-state index in [4.69, 9.17) is 4.74 Å². The number of fused-ring (bicyclic) bond motifs is 1. The van der Waals surface area contributed by atoms with E-state index < -0.39 is 6.10 Å². The van der Waals surface area contributed by atoms with E-state index in [1.165, 1.54) is 0 Å². The number of carbonyl (C=O) groups is 3. The van der Waals surface area contributed by atoms with Gasteiger partial charge in [0.2, 0.25) is 5.91 Å². The Morgan fingerprint density at radius 2 is 1.88 bits per heavy atom. The minimum atomic E-state index is -0.893. The first-order valence-electron chi connectivity index (χ1n) is 8.16. The topological polar surface area (TPSA) is 96.5 Å². The summed E-state index contributed by atoms with van der Waals surface area (Å²) in [4.78, 5) is 35.9. The average molecular weight is 353 g/mol. The summed E-state index contributed by atoms with van der Waals surface area (Å²) in [5, 5.41) is 7.98. The molecule has 2 aromatic rings. The number of hydrogen-bond donors (Lipinski definition) is 3. The molecule has 3 amide bonds. The zero-order valence-electron chi connectivity index (χ0n) is 14.5. The van der Waals surface area contributed by atoms with Crippen LogP contribution in [0.3, 0.4) is 0 Å². The fraction of sp³-hybridized carbons (Fsp3) is 0.211. The van der Waals surface area contributed by atoms with Gasteiger partial charge in [-0.25, -0.2) is 0 Å². The summed E-state index contributed by atoms with van der Waals surface area (Å²) in [6.07, 6.45) is -1.01. The Bertz CT molecular complexity index is 862. The lowest BCUT2D eigenvalue weighted by Gasteiger charge is -2.25. The normalized spacial score (nSPS) is 15.3. The van der Waals surface area contributed by atoms with E-state index in [0.29, 0.717) is 22.7 Å². The van der Waals surface area contributed by atoms with Crippen LogP contribution in [0.2, 0.25) is 0 Å². The molecule has 1 aliphatic rings. The van der Waals surface area contributed by atoms with Crippen LogP contribution in [-0.2, 0) is 9.59 Å². The van der Waals surface area contributed by atoms with Gasteiger partial charge in [0.25, 0.3) is 11.8 Å². The SMILES string of the molecule is CNC(=O)c1ccc(NC(=O)CC2Oc3ccc(C)cc3NC2=O)cc1. The Labute approximate surface area is 150 Å². The molecular formula is C19H19N3O4. The van der Waals surface area contributed by atoms with Crippen molar-refractivity contribution >= 4 is 29.1 Å². The summed E-state index contributed by atoms with van der Waals surface area (Å²) in [5.74, 6) is -0.367. The van der Waals surface area contributed by atoms with Crippen molar-refractivity contribution in [2.24, 2.45) is 0 Å². The molecule has 0 aromatic heterocycles. The van der Waals surface area contributed by atoms with Gasteiger partial charge in [-0.15, -0.1) is 0 Å². The first-order chi connectivity index (χ1) is 12.5. The van der Waals surface area contributed by atoms with Gasteiger partial charge in [0, 0.05) is 18.3 Å². The van der Waals surface area contributed by atoms with Crippen LogP contribution in [0.4, 0.5) is 11.4 Å². The lowest BCUT2D eigenvalue weighted by atomic mass is 10.1. The Hall–Kier alpha value is -3.35. The second-order valence-electron chi connectivity index (χ2n) is 6.00. The minimum absolute atomic E-state index is 0.115. The highest BCUT2D eigenvalue weighted by Gasteiger charge is 2.29. The van der Waals surface area contributed by atoms with E-state index in [1.807, 2.05) is 19.1 Å². The van der Waals surface area contributed by atoms with Crippen LogP contribution in [0, 0.1) is 6.92 Å². The lowest BCUT2D eigenvalue weighted by molar-refractivity contribution is -0.128. The van der Waals surface area contributed by atoms with Crippen LogP contribution in [0.15, 0.2) is 42.5 Å². The second kappa shape index (κ2) is 7.26. The second-order valence-corrected chi connectivity index (χ2v) is 6.00. The number of benzene rings is 2. The van der Waals surface area contributed by atoms with Gasteiger partial charge in [-0.3, -0.25) is 14.4 Å². The molecule has 0 radical (unpaired) electrons. The number of carbonyl (C=O) groups excluding carboxylic acids is 3. The van der Waals surface area contributed by atoms with E-state index in [-0.39, 0.29) is 24.1 Å². The smallest absolute Gasteiger partial charge is 0.266 e. The summed E-state index contributed by atoms with van der Waals surface area (Å²) >= 11 is 0. The van der Waals surface area contributed by atoms with Gasteiger partial charge in [-0.1, -0.05) is 6.07 Å². The molecular weight excluding hydrogens is 334 g/mol. The van der Waals surface area contributed by atoms with Crippen LogP contribution in [0.1, 0.15) is 22.3 Å². The van der Waals surface area contributed by atoms with E-state index in [1.54, 1.807) is 37.4 Å². The summed E-state index contributed by atoms with van der Waals surface area (Å²) in [6, 6.07) is 11.9. The van der Waals surface area contributed by atoms with Crippen molar-refractivity contribution in [3.8, 4) is 5.75 Å². The lowest BCUT2D eigenvalue weighted by Crippen LogP contribution is -2.39. The van der Waals surface area contributed by atoms with Crippen molar-refractivity contribution in [1.29, 1.82) is 0 Å². The first kappa shape index (κ1) is 17.5. The Morgan fingerprint density at radius 3 is 2.58 bits per heavy atom. The summed E-state index contributed by atoms with van der Waals surface area (Å²) in [7, 11) is 1.55. The van der Waals surface area contributed by atoms with E-state index in [0.717, 1.165) is 5.56 Å². The van der Waals surface area contributed by atoms with Gasteiger partial charge >= 0.3 is 0 Å². The average Bonchev–Trinajstić information content (AvgIpc) is 2.62. The molecule has 0 aliphatic carbocycles. The molecule has 26 heavy (non-hydrogen) atoms. The summed E-state index contributed by atoms with van der Waals surface area (Å²) in [6.45, 7) is 1.92. The van der Waals surface area contributed by atoms with E-state index in [2.05, 4.69) is 16.0 Å². The van der Waals surface area contributed by atoms with E-state index in [9.17, 15) is 14.4 Å². The van der Waals surface area contributed by atoms with Gasteiger partial charge in [0.05, 0.1) is 12.1 Å². The van der Waals surface area contributed by atoms with Crippen molar-refractivity contribution in [3.63, 3.8) is 0 Å². The van der Waals surface area contributed by atoms with Crippen LogP contribution >= 0.6 is 0 Å². The third kappa shape index (κ3) is 3.83. The molecule has 1 aliphatic heterocycles. The highest BCUT2D eigenvalue weighted by Crippen LogP contribution is 2.31. The molecule has 0 bridgehead atoms. The molecule has 0 saturated carbocycles. The number of aryl methyl sites for hydroxylation is 1. The highest BCUT2D eigenvalue weighted by atomic mass is 16.5. The predicted octanol–water partition coefficient (Wildman–Crippen LogP) is 2.08.